The number of hydrogen-bond donors (Lipinski definition) is 3. The Labute approximate surface area is 120 Å². The monoisotopic (exact) mass is 282 g/mol. The lowest BCUT2D eigenvalue weighted by Gasteiger charge is -2.26. The van der Waals surface area contributed by atoms with Gasteiger partial charge in [-0.25, -0.2) is 4.98 Å². The number of ether oxygens (including phenoxy) is 1. The second-order valence-corrected chi connectivity index (χ2v) is 5.74. The van der Waals surface area contributed by atoms with Crippen LogP contribution in [-0.4, -0.2) is 33.8 Å². The van der Waals surface area contributed by atoms with Gasteiger partial charge in [-0.05, 0) is 25.7 Å². The van der Waals surface area contributed by atoms with Gasteiger partial charge in [-0.1, -0.05) is 20.8 Å². The van der Waals surface area contributed by atoms with Crippen LogP contribution >= 0.6 is 0 Å². The highest BCUT2D eigenvalue weighted by Gasteiger charge is 2.22. The summed E-state index contributed by atoms with van der Waals surface area (Å²) in [5.74, 6) is 1.29. The first-order chi connectivity index (χ1) is 9.35. The van der Waals surface area contributed by atoms with E-state index in [1.54, 1.807) is 6.92 Å². The van der Waals surface area contributed by atoms with E-state index in [0.717, 1.165) is 6.42 Å². The normalized spacial score (nSPS) is 14.1. The standard InChI is InChI=1S/C14H26N4O2/c1-5-6-20-13-11(15)12(17-9-18-13)16-8-14(4,19)7-10(2)3/h9-10,19H,5-8,15H2,1-4H3,(H,16,17,18). The molecule has 114 valence electrons. The highest BCUT2D eigenvalue weighted by Crippen LogP contribution is 2.25. The molecule has 0 amide bonds. The van der Waals surface area contributed by atoms with Crippen molar-refractivity contribution in [3.63, 3.8) is 0 Å². The zero-order valence-corrected chi connectivity index (χ0v) is 12.8. The molecule has 0 bridgehead atoms. The molecule has 0 aliphatic carbocycles. The second kappa shape index (κ2) is 7.28. The molecule has 0 fully saturated rings. The summed E-state index contributed by atoms with van der Waals surface area (Å²) in [6.07, 6.45) is 2.99. The summed E-state index contributed by atoms with van der Waals surface area (Å²) in [5, 5.41) is 13.3. The molecule has 0 aliphatic rings. The summed E-state index contributed by atoms with van der Waals surface area (Å²) >= 11 is 0. The Hall–Kier alpha value is -1.56. The molecule has 0 aliphatic heterocycles. The lowest BCUT2D eigenvalue weighted by atomic mass is 9.94. The molecule has 0 radical (unpaired) electrons. The predicted octanol–water partition coefficient (Wildman–Crippen LogP) is 2.06. The SMILES string of the molecule is CCCOc1ncnc(NCC(C)(O)CC(C)C)c1N. The molecule has 0 saturated heterocycles. The van der Waals surface area contributed by atoms with Crippen LogP contribution in [-0.2, 0) is 0 Å². The van der Waals surface area contributed by atoms with E-state index in [4.69, 9.17) is 10.5 Å². The van der Waals surface area contributed by atoms with Gasteiger partial charge in [0, 0.05) is 6.54 Å². The molecule has 6 nitrogen and oxygen atoms in total. The molecule has 1 aromatic rings. The van der Waals surface area contributed by atoms with Crippen LogP contribution in [0.25, 0.3) is 0 Å². The molecular formula is C14H26N4O2. The van der Waals surface area contributed by atoms with Crippen molar-refractivity contribution in [3.05, 3.63) is 6.33 Å². The van der Waals surface area contributed by atoms with E-state index in [2.05, 4.69) is 29.1 Å². The van der Waals surface area contributed by atoms with Crippen LogP contribution in [0.1, 0.15) is 40.5 Å². The molecule has 1 atom stereocenters. The average molecular weight is 282 g/mol. The fraction of sp³-hybridized carbons (Fsp3) is 0.714. The van der Waals surface area contributed by atoms with E-state index < -0.39 is 5.60 Å². The fourth-order valence-corrected chi connectivity index (χ4v) is 2.06. The Bertz CT molecular complexity index is 422. The van der Waals surface area contributed by atoms with E-state index in [1.807, 2.05) is 6.92 Å². The maximum Gasteiger partial charge on any atom is 0.242 e. The van der Waals surface area contributed by atoms with E-state index in [1.165, 1.54) is 6.33 Å². The Kier molecular flexibility index (Phi) is 6.01. The van der Waals surface area contributed by atoms with Gasteiger partial charge in [-0.3, -0.25) is 0 Å². The number of nitrogens with one attached hydrogen (secondary N) is 1. The highest BCUT2D eigenvalue weighted by atomic mass is 16.5. The zero-order valence-electron chi connectivity index (χ0n) is 12.8. The third kappa shape index (κ3) is 5.21. The Balaban J connectivity index is 2.68. The molecule has 1 unspecified atom stereocenters. The topological polar surface area (TPSA) is 93.3 Å². The molecule has 4 N–H and O–H groups in total. The maximum absolute atomic E-state index is 10.3. The van der Waals surface area contributed by atoms with Gasteiger partial charge in [0.1, 0.15) is 12.0 Å². The van der Waals surface area contributed by atoms with Crippen molar-refractivity contribution in [1.29, 1.82) is 0 Å². The first kappa shape index (κ1) is 16.5. The van der Waals surface area contributed by atoms with E-state index >= 15 is 0 Å². The van der Waals surface area contributed by atoms with Gasteiger partial charge in [-0.2, -0.15) is 4.98 Å². The number of nitrogen functional groups attached to an aromatic ring is 1. The maximum atomic E-state index is 10.3. The molecule has 0 aromatic carbocycles. The average Bonchev–Trinajstić information content (AvgIpc) is 2.34. The van der Waals surface area contributed by atoms with Gasteiger partial charge in [-0.15, -0.1) is 0 Å². The third-order valence-corrected chi connectivity index (χ3v) is 2.77. The molecule has 0 spiro atoms. The number of anilines is 2. The van der Waals surface area contributed by atoms with Crippen molar-refractivity contribution in [1.82, 2.24) is 9.97 Å². The Morgan fingerprint density at radius 3 is 2.75 bits per heavy atom. The number of nitrogens with zero attached hydrogens (tertiary/aromatic N) is 2. The molecule has 1 heterocycles. The van der Waals surface area contributed by atoms with Gasteiger partial charge in [0.05, 0.1) is 12.2 Å². The van der Waals surface area contributed by atoms with Crippen molar-refractivity contribution in [3.8, 4) is 5.88 Å². The van der Waals surface area contributed by atoms with Crippen molar-refractivity contribution >= 4 is 11.5 Å². The first-order valence-electron chi connectivity index (χ1n) is 7.05. The quantitative estimate of drug-likeness (QED) is 0.675. The van der Waals surface area contributed by atoms with Gasteiger partial charge in [0.2, 0.25) is 5.88 Å². The van der Waals surface area contributed by atoms with Gasteiger partial charge in [0.15, 0.2) is 5.82 Å². The molecule has 20 heavy (non-hydrogen) atoms. The zero-order chi connectivity index (χ0) is 15.2. The molecular weight excluding hydrogens is 256 g/mol. The molecule has 0 saturated carbocycles. The van der Waals surface area contributed by atoms with Crippen molar-refractivity contribution < 1.29 is 9.84 Å². The van der Waals surface area contributed by atoms with Gasteiger partial charge >= 0.3 is 0 Å². The van der Waals surface area contributed by atoms with Crippen molar-refractivity contribution in [2.75, 3.05) is 24.2 Å². The minimum absolute atomic E-state index is 0.375. The molecule has 6 heteroatoms. The van der Waals surface area contributed by atoms with E-state index in [-0.39, 0.29) is 0 Å². The highest BCUT2D eigenvalue weighted by molar-refractivity contribution is 5.66. The second-order valence-electron chi connectivity index (χ2n) is 5.74. The third-order valence-electron chi connectivity index (χ3n) is 2.77. The van der Waals surface area contributed by atoms with Crippen LogP contribution in [0.5, 0.6) is 5.88 Å². The van der Waals surface area contributed by atoms with Crippen LogP contribution in [0.2, 0.25) is 0 Å². The summed E-state index contributed by atoms with van der Waals surface area (Å²) in [6, 6.07) is 0. The minimum Gasteiger partial charge on any atom is -0.476 e. The summed E-state index contributed by atoms with van der Waals surface area (Å²) in [4.78, 5) is 8.10. The lowest BCUT2D eigenvalue weighted by molar-refractivity contribution is 0.0515. The minimum atomic E-state index is -0.810. The number of rotatable bonds is 8. The summed E-state index contributed by atoms with van der Waals surface area (Å²) in [7, 11) is 0. The Morgan fingerprint density at radius 2 is 2.15 bits per heavy atom. The number of aromatic nitrogens is 2. The fourth-order valence-electron chi connectivity index (χ4n) is 2.06. The summed E-state index contributed by atoms with van der Waals surface area (Å²) in [5.41, 5.74) is 5.53. The predicted molar refractivity (Wildman–Crippen MR) is 80.8 cm³/mol. The molecule has 1 rings (SSSR count). The molecule has 1 aromatic heterocycles. The Morgan fingerprint density at radius 1 is 1.45 bits per heavy atom. The van der Waals surface area contributed by atoms with Crippen LogP contribution in [0, 0.1) is 5.92 Å². The van der Waals surface area contributed by atoms with Crippen LogP contribution in [0.4, 0.5) is 11.5 Å². The van der Waals surface area contributed by atoms with Gasteiger partial charge < -0.3 is 20.9 Å². The van der Waals surface area contributed by atoms with Gasteiger partial charge in [0.25, 0.3) is 0 Å². The number of hydrogen-bond acceptors (Lipinski definition) is 6. The largest absolute Gasteiger partial charge is 0.476 e. The van der Waals surface area contributed by atoms with Crippen molar-refractivity contribution in [2.45, 2.75) is 46.1 Å². The lowest BCUT2D eigenvalue weighted by Crippen LogP contribution is -2.35. The smallest absolute Gasteiger partial charge is 0.242 e. The van der Waals surface area contributed by atoms with Crippen LogP contribution < -0.4 is 15.8 Å². The van der Waals surface area contributed by atoms with Crippen LogP contribution in [0.3, 0.4) is 0 Å². The summed E-state index contributed by atoms with van der Waals surface area (Å²) < 4.78 is 5.44. The van der Waals surface area contributed by atoms with E-state index in [0.29, 0.717) is 42.9 Å². The first-order valence-corrected chi connectivity index (χ1v) is 7.05. The van der Waals surface area contributed by atoms with Crippen molar-refractivity contribution in [2.24, 2.45) is 5.92 Å². The number of aliphatic hydroxyl groups is 1. The summed E-state index contributed by atoms with van der Waals surface area (Å²) in [6.45, 7) is 8.89. The van der Waals surface area contributed by atoms with Crippen LogP contribution in [0.15, 0.2) is 6.33 Å². The number of nitrogens with two attached hydrogens (primary N) is 1. The van der Waals surface area contributed by atoms with E-state index in [9.17, 15) is 5.11 Å².